The first-order valence-corrected chi connectivity index (χ1v) is 7.84. The molecule has 0 bridgehead atoms. The van der Waals surface area contributed by atoms with Gasteiger partial charge >= 0.3 is 0 Å². The van der Waals surface area contributed by atoms with Crippen LogP contribution in [0.2, 0.25) is 0 Å². The van der Waals surface area contributed by atoms with E-state index in [1.54, 1.807) is 6.07 Å². The van der Waals surface area contributed by atoms with E-state index in [2.05, 4.69) is 21.7 Å². The van der Waals surface area contributed by atoms with Crippen LogP contribution in [0.4, 0.5) is 10.1 Å². The molecule has 0 aliphatic carbocycles. The van der Waals surface area contributed by atoms with Crippen LogP contribution in [0.3, 0.4) is 0 Å². The zero-order valence-corrected chi connectivity index (χ0v) is 12.6. The van der Waals surface area contributed by atoms with Crippen LogP contribution in [0.1, 0.15) is 29.0 Å². The number of hydrogen-bond acceptors (Lipinski definition) is 3. The Balaban J connectivity index is 1.85. The van der Waals surface area contributed by atoms with Crippen molar-refractivity contribution in [1.29, 1.82) is 0 Å². The van der Waals surface area contributed by atoms with Crippen molar-refractivity contribution in [3.63, 3.8) is 0 Å². The van der Waals surface area contributed by atoms with E-state index in [1.165, 1.54) is 10.4 Å². The molecule has 20 heavy (non-hydrogen) atoms. The Morgan fingerprint density at radius 3 is 2.95 bits per heavy atom. The molecule has 1 unspecified atom stereocenters. The van der Waals surface area contributed by atoms with Crippen LogP contribution >= 0.6 is 11.3 Å². The van der Waals surface area contributed by atoms with E-state index in [0.717, 1.165) is 25.1 Å². The molecular formula is C16H19FN2S. The van der Waals surface area contributed by atoms with Gasteiger partial charge in [0.2, 0.25) is 0 Å². The Hall–Kier alpha value is -1.39. The van der Waals surface area contributed by atoms with Gasteiger partial charge in [-0.1, -0.05) is 6.07 Å². The van der Waals surface area contributed by atoms with E-state index < -0.39 is 0 Å². The quantitative estimate of drug-likeness (QED) is 0.926. The number of rotatable bonds is 3. The minimum atomic E-state index is -0.122. The van der Waals surface area contributed by atoms with Crippen molar-refractivity contribution >= 4 is 17.0 Å². The number of nitrogens with zero attached hydrogens (tertiary/aromatic N) is 1. The van der Waals surface area contributed by atoms with E-state index >= 15 is 0 Å². The van der Waals surface area contributed by atoms with Crippen LogP contribution in [0.5, 0.6) is 0 Å². The molecule has 1 atom stereocenters. The van der Waals surface area contributed by atoms with Gasteiger partial charge in [0.15, 0.2) is 0 Å². The maximum Gasteiger partial charge on any atom is 0.146 e. The summed E-state index contributed by atoms with van der Waals surface area (Å²) in [6, 6.07) is 7.91. The molecule has 0 saturated heterocycles. The molecule has 1 aromatic heterocycles. The molecule has 0 radical (unpaired) electrons. The third-order valence-corrected chi connectivity index (χ3v) is 5.08. The Morgan fingerprint density at radius 2 is 2.20 bits per heavy atom. The Morgan fingerprint density at radius 1 is 1.35 bits per heavy atom. The van der Waals surface area contributed by atoms with Crippen molar-refractivity contribution < 1.29 is 4.39 Å². The lowest BCUT2D eigenvalue weighted by Gasteiger charge is -2.29. The summed E-state index contributed by atoms with van der Waals surface area (Å²) >= 11 is 1.81. The standard InChI is InChI=1S/C16H19FN2S/c1-11(18-2)12-3-4-15(14(17)9-12)19-7-5-16-13(10-19)6-8-20-16/h3-4,6,8-9,11,18H,5,7,10H2,1-2H3. The topological polar surface area (TPSA) is 15.3 Å². The summed E-state index contributed by atoms with van der Waals surface area (Å²) in [4.78, 5) is 3.58. The third kappa shape index (κ3) is 2.45. The van der Waals surface area contributed by atoms with Gasteiger partial charge in [-0.05, 0) is 55.1 Å². The van der Waals surface area contributed by atoms with Gasteiger partial charge in [-0.2, -0.15) is 0 Å². The Kier molecular flexibility index (Phi) is 3.76. The monoisotopic (exact) mass is 290 g/mol. The number of benzene rings is 1. The molecule has 1 aliphatic heterocycles. The van der Waals surface area contributed by atoms with Gasteiger partial charge < -0.3 is 10.2 Å². The molecule has 0 spiro atoms. The van der Waals surface area contributed by atoms with E-state index in [4.69, 9.17) is 0 Å². The van der Waals surface area contributed by atoms with Gasteiger partial charge in [0.05, 0.1) is 5.69 Å². The van der Waals surface area contributed by atoms with Crippen LogP contribution in [-0.4, -0.2) is 13.6 Å². The normalized spacial score (nSPS) is 16.1. The molecule has 2 heterocycles. The second kappa shape index (κ2) is 5.54. The van der Waals surface area contributed by atoms with Gasteiger partial charge in [-0.15, -0.1) is 11.3 Å². The fourth-order valence-corrected chi connectivity index (χ4v) is 3.56. The first kappa shape index (κ1) is 13.6. The van der Waals surface area contributed by atoms with Crippen molar-refractivity contribution in [1.82, 2.24) is 5.32 Å². The predicted octanol–water partition coefficient (Wildman–Crippen LogP) is 3.73. The minimum Gasteiger partial charge on any atom is -0.364 e. The minimum absolute atomic E-state index is 0.122. The molecular weight excluding hydrogens is 271 g/mol. The molecule has 2 aromatic rings. The largest absolute Gasteiger partial charge is 0.364 e. The van der Waals surface area contributed by atoms with Crippen molar-refractivity contribution in [3.05, 3.63) is 51.5 Å². The van der Waals surface area contributed by atoms with E-state index in [0.29, 0.717) is 5.69 Å². The molecule has 1 aliphatic rings. The van der Waals surface area contributed by atoms with E-state index in [1.807, 2.05) is 37.4 Å². The highest BCUT2D eigenvalue weighted by Gasteiger charge is 2.20. The predicted molar refractivity (Wildman–Crippen MR) is 82.9 cm³/mol. The summed E-state index contributed by atoms with van der Waals surface area (Å²) in [6.45, 7) is 3.75. The molecule has 3 rings (SSSR count). The summed E-state index contributed by atoms with van der Waals surface area (Å²) in [5, 5.41) is 5.27. The summed E-state index contributed by atoms with van der Waals surface area (Å²) in [5.74, 6) is -0.122. The zero-order chi connectivity index (χ0) is 14.1. The van der Waals surface area contributed by atoms with Gasteiger partial charge in [0, 0.05) is 24.0 Å². The fraction of sp³-hybridized carbons (Fsp3) is 0.375. The van der Waals surface area contributed by atoms with E-state index in [9.17, 15) is 4.39 Å². The highest BCUT2D eigenvalue weighted by atomic mass is 32.1. The summed E-state index contributed by atoms with van der Waals surface area (Å²) in [6.07, 6.45) is 1.01. The molecule has 0 saturated carbocycles. The second-order valence-corrected chi connectivity index (χ2v) is 6.26. The maximum absolute atomic E-state index is 14.4. The zero-order valence-electron chi connectivity index (χ0n) is 11.8. The number of halogens is 1. The lowest BCUT2D eigenvalue weighted by Crippen LogP contribution is -2.30. The highest BCUT2D eigenvalue weighted by molar-refractivity contribution is 7.10. The molecule has 4 heteroatoms. The first-order valence-electron chi connectivity index (χ1n) is 6.96. The van der Waals surface area contributed by atoms with Crippen molar-refractivity contribution in [2.45, 2.75) is 25.9 Å². The number of hydrogen-bond donors (Lipinski definition) is 1. The van der Waals surface area contributed by atoms with Crippen molar-refractivity contribution in [3.8, 4) is 0 Å². The summed E-state index contributed by atoms with van der Waals surface area (Å²) in [5.41, 5.74) is 3.05. The first-order chi connectivity index (χ1) is 9.69. The van der Waals surface area contributed by atoms with Gasteiger partial charge in [-0.3, -0.25) is 0 Å². The lowest BCUT2D eigenvalue weighted by molar-refractivity contribution is 0.597. The fourth-order valence-electron chi connectivity index (χ4n) is 2.67. The van der Waals surface area contributed by atoms with Crippen molar-refractivity contribution in [2.75, 3.05) is 18.5 Å². The van der Waals surface area contributed by atoms with E-state index in [-0.39, 0.29) is 11.9 Å². The average Bonchev–Trinajstić information content (AvgIpc) is 2.93. The van der Waals surface area contributed by atoms with Gasteiger partial charge in [-0.25, -0.2) is 4.39 Å². The van der Waals surface area contributed by atoms with Crippen LogP contribution in [0.15, 0.2) is 29.6 Å². The number of fused-ring (bicyclic) bond motifs is 1. The van der Waals surface area contributed by atoms with Gasteiger partial charge in [0.25, 0.3) is 0 Å². The maximum atomic E-state index is 14.4. The highest BCUT2D eigenvalue weighted by Crippen LogP contribution is 2.30. The van der Waals surface area contributed by atoms with Crippen molar-refractivity contribution in [2.24, 2.45) is 0 Å². The summed E-state index contributed by atoms with van der Waals surface area (Å²) in [7, 11) is 1.89. The summed E-state index contributed by atoms with van der Waals surface area (Å²) < 4.78 is 14.4. The molecule has 106 valence electrons. The number of anilines is 1. The molecule has 0 fully saturated rings. The molecule has 1 N–H and O–H groups in total. The second-order valence-electron chi connectivity index (χ2n) is 5.26. The van der Waals surface area contributed by atoms with Crippen LogP contribution < -0.4 is 10.2 Å². The molecule has 2 nitrogen and oxygen atoms in total. The smallest absolute Gasteiger partial charge is 0.146 e. The Bertz CT molecular complexity index is 608. The van der Waals surface area contributed by atoms with Gasteiger partial charge in [0.1, 0.15) is 5.82 Å². The SMILES string of the molecule is CNC(C)c1ccc(N2CCc3sccc3C2)c(F)c1. The Labute approximate surface area is 123 Å². The molecule has 1 aromatic carbocycles. The van der Waals surface area contributed by atoms with Crippen LogP contribution in [-0.2, 0) is 13.0 Å². The lowest BCUT2D eigenvalue weighted by atomic mass is 10.1. The third-order valence-electron chi connectivity index (χ3n) is 4.05. The average molecular weight is 290 g/mol. The number of nitrogens with one attached hydrogen (secondary N) is 1. The molecule has 0 amide bonds. The number of thiophene rings is 1. The van der Waals surface area contributed by atoms with Crippen LogP contribution in [0, 0.1) is 5.82 Å². The van der Waals surface area contributed by atoms with Crippen LogP contribution in [0.25, 0.3) is 0 Å².